The molecule has 0 aliphatic heterocycles. The molecule has 14 aromatic rings. The minimum absolute atomic E-state index is 0.0123. The van der Waals surface area contributed by atoms with Crippen molar-refractivity contribution in [2.75, 3.05) is 10.6 Å². The third-order valence-corrected chi connectivity index (χ3v) is 17.2. The van der Waals surface area contributed by atoms with Gasteiger partial charge in [-0.1, -0.05) is 236 Å². The van der Waals surface area contributed by atoms with Crippen LogP contribution in [0.3, 0.4) is 0 Å². The molecule has 0 radical (unpaired) electrons. The largest absolute Gasteiger partial charge is 0.507 e. The number of Topliss-reactive ketones (excluding diaryl/α,β-unsaturated/α-hetero) is 2. The number of carbonyl (C=O) groups is 4. The Morgan fingerprint density at radius 1 is 0.337 bits per heavy atom. The number of nitrogens with one attached hydrogen (secondary N) is 2. The highest BCUT2D eigenvalue weighted by Crippen LogP contribution is 2.51. The van der Waals surface area contributed by atoms with Crippen molar-refractivity contribution < 1.29 is 54.6 Å². The van der Waals surface area contributed by atoms with Crippen LogP contribution in [0.15, 0.2) is 255 Å². The normalized spacial score (nSPS) is 11.4. The van der Waals surface area contributed by atoms with Gasteiger partial charge in [0.1, 0.15) is 46.7 Å². The predicted octanol–water partition coefficient (Wildman–Crippen LogP) is 20.9. The molecule has 14 rings (SSSR count). The minimum atomic E-state index is -1.22. The second-order valence-electron chi connectivity index (χ2n) is 26.0. The number of para-hydroxylation sites is 1. The fourth-order valence-corrected chi connectivity index (χ4v) is 12.5. The van der Waals surface area contributed by atoms with Crippen LogP contribution < -0.4 is 15.4 Å². The molecule has 0 aromatic heterocycles. The van der Waals surface area contributed by atoms with Crippen molar-refractivity contribution in [2.24, 2.45) is 10.8 Å². The third kappa shape index (κ3) is 13.2. The molecule has 0 saturated heterocycles. The molecule has 14 aromatic carbocycles. The van der Waals surface area contributed by atoms with E-state index in [1.807, 2.05) is 242 Å². The maximum Gasteiger partial charge on any atom is 0.339 e. The van der Waals surface area contributed by atoms with E-state index in [0.29, 0.717) is 61.3 Å². The van der Waals surface area contributed by atoms with Crippen molar-refractivity contribution in [3.05, 3.63) is 277 Å². The smallest absolute Gasteiger partial charge is 0.339 e. The molecule has 0 aliphatic carbocycles. The molecule has 0 unspecified atom stereocenters. The van der Waals surface area contributed by atoms with Crippen LogP contribution in [0.2, 0.25) is 0 Å². The fraction of sp³-hybridized carbons (Fsp3) is 0.106. The van der Waals surface area contributed by atoms with Gasteiger partial charge in [-0.25, -0.2) is 9.59 Å². The minimum Gasteiger partial charge on any atom is -0.507 e. The van der Waals surface area contributed by atoms with Gasteiger partial charge in [0.05, 0.1) is 11.1 Å². The topological polar surface area (TPSA) is 223 Å². The number of rotatable bonds is 11. The number of amides is 2. The number of anilines is 2. The maximum absolute atomic E-state index is 13.6. The Morgan fingerprint density at radius 3 is 1.10 bits per heavy atom. The molecular formula is C85H70N2O11. The van der Waals surface area contributed by atoms with Gasteiger partial charge in [0.25, 0.3) is 0 Å². The van der Waals surface area contributed by atoms with Gasteiger partial charge >= 0.3 is 12.0 Å². The third-order valence-electron chi connectivity index (χ3n) is 17.2. The Balaban J connectivity index is 0.000000148. The number of aromatic hydroxyl groups is 5. The second kappa shape index (κ2) is 27.1. The van der Waals surface area contributed by atoms with Crippen molar-refractivity contribution in [3.63, 3.8) is 0 Å². The predicted molar refractivity (Wildman–Crippen MR) is 393 cm³/mol. The van der Waals surface area contributed by atoms with E-state index < -0.39 is 16.8 Å². The van der Waals surface area contributed by atoms with Gasteiger partial charge in [-0.3, -0.25) is 9.59 Å². The number of hydrogen-bond acceptors (Lipinski definition) is 10. The zero-order chi connectivity index (χ0) is 69.2. The van der Waals surface area contributed by atoms with E-state index in [-0.39, 0.29) is 69.6 Å². The lowest BCUT2D eigenvalue weighted by Crippen LogP contribution is -2.20. The first-order valence-electron chi connectivity index (χ1n) is 31.9. The van der Waals surface area contributed by atoms with Crippen LogP contribution in [-0.2, 0) is 6.61 Å². The lowest BCUT2D eigenvalue weighted by molar-refractivity contribution is 0.0693. The van der Waals surface area contributed by atoms with E-state index in [2.05, 4.69) is 10.6 Å². The molecule has 0 atom stereocenters. The lowest BCUT2D eigenvalue weighted by Gasteiger charge is -2.22. The number of aromatic carboxylic acids is 1. The van der Waals surface area contributed by atoms with Crippen molar-refractivity contribution in [2.45, 2.75) is 48.1 Å². The summed E-state index contributed by atoms with van der Waals surface area (Å²) in [5, 5.41) is 80.1. The van der Waals surface area contributed by atoms with Crippen molar-refractivity contribution in [1.82, 2.24) is 0 Å². The molecular weight excluding hydrogens is 1220 g/mol. The van der Waals surface area contributed by atoms with Gasteiger partial charge < -0.3 is 46.0 Å². The molecule has 0 bridgehead atoms. The quantitative estimate of drug-likeness (QED) is 0.0569. The Bertz CT molecular complexity index is 5470. The summed E-state index contributed by atoms with van der Waals surface area (Å²) in [5.74, 6) is -1.39. The zero-order valence-corrected chi connectivity index (χ0v) is 54.7. The number of benzene rings is 14. The molecule has 0 saturated carbocycles. The molecule has 0 fully saturated rings. The highest BCUT2D eigenvalue weighted by molar-refractivity contribution is 6.18. The summed E-state index contributed by atoms with van der Waals surface area (Å²) < 4.78 is 6.49. The average molecular weight is 1300 g/mol. The van der Waals surface area contributed by atoms with E-state index in [9.17, 15) is 49.8 Å². The number of ketones is 2. The van der Waals surface area contributed by atoms with Crippen LogP contribution >= 0.6 is 0 Å². The summed E-state index contributed by atoms with van der Waals surface area (Å²) in [6.07, 6.45) is 0. The molecule has 486 valence electrons. The lowest BCUT2D eigenvalue weighted by atomic mass is 9.83. The van der Waals surface area contributed by atoms with Crippen molar-refractivity contribution in [1.29, 1.82) is 0 Å². The Hall–Kier alpha value is -12.5. The van der Waals surface area contributed by atoms with Crippen LogP contribution in [0, 0.1) is 10.8 Å². The molecule has 0 heterocycles. The standard InChI is InChI=1S/C39H34N2O4.C25H22O3.C21H14O4/c1-39(2,3)37(43)32-23-27-14-8-10-19-31(27)35(36(32)42)34-30-18-9-7-13-26(30)20-21-33(34)45-24-25-12-11-17-29(22-25)41-38(44)40-28-15-5-4-6-16-28;1-25(2,3)24(28)19-14-16-9-5-7-11-18(16)22(23(19)27)21-17-10-6-4-8-15(17)12-13-20(21)26;22-17-10-9-12-5-1-3-7-14(12)18(17)19-15-8-4-2-6-13(15)11-16(20(19)23)21(24)25/h4-23,42H,24H2,1-3H3,(H2,40,41,44);4-14,26-27H,1-3H3;1-11,22-23H,(H,24,25). The van der Waals surface area contributed by atoms with E-state index in [1.165, 1.54) is 6.07 Å². The number of ether oxygens (including phenoxy) is 1. The van der Waals surface area contributed by atoms with Crippen LogP contribution in [0.5, 0.6) is 34.5 Å². The van der Waals surface area contributed by atoms with Crippen molar-refractivity contribution in [3.8, 4) is 67.9 Å². The maximum atomic E-state index is 13.6. The molecule has 0 spiro atoms. The van der Waals surface area contributed by atoms with Crippen molar-refractivity contribution >= 4 is 99.6 Å². The van der Waals surface area contributed by atoms with Gasteiger partial charge in [0.15, 0.2) is 11.6 Å². The van der Waals surface area contributed by atoms with E-state index in [1.54, 1.807) is 48.5 Å². The van der Waals surface area contributed by atoms with Gasteiger partial charge in [-0.05, 0) is 131 Å². The first kappa shape index (κ1) is 65.6. The Kier molecular flexibility index (Phi) is 18.1. The van der Waals surface area contributed by atoms with Crippen LogP contribution in [-0.4, -0.2) is 54.2 Å². The van der Waals surface area contributed by atoms with E-state index in [4.69, 9.17) is 4.74 Å². The zero-order valence-electron chi connectivity index (χ0n) is 54.7. The SMILES string of the molecule is CC(C)(C)C(=O)c1cc2ccccc2c(-c2c(O)ccc3ccccc23)c1O.CC(C)(C)C(=O)c1cc2ccccc2c(-c2c(OCc3cccc(NC(=O)Nc4ccccc4)c3)ccc3ccccc23)c1O.O=C(O)c1cc2ccccc2c(-c2c(O)ccc3ccccc23)c1O. The molecule has 13 nitrogen and oxygen atoms in total. The Labute approximate surface area is 565 Å². The molecule has 13 heteroatoms. The molecule has 2 amide bonds. The molecule has 0 aliphatic rings. The molecule has 98 heavy (non-hydrogen) atoms. The number of carbonyl (C=O) groups excluding carboxylic acids is 3. The van der Waals surface area contributed by atoms with Gasteiger partial charge in [-0.2, -0.15) is 0 Å². The van der Waals surface area contributed by atoms with Gasteiger partial charge in [-0.15, -0.1) is 0 Å². The Morgan fingerprint density at radius 2 is 0.673 bits per heavy atom. The summed E-state index contributed by atoms with van der Waals surface area (Å²) in [6, 6.07) is 77.7. The highest BCUT2D eigenvalue weighted by Gasteiger charge is 2.32. The fourth-order valence-electron chi connectivity index (χ4n) is 12.5. The second-order valence-corrected chi connectivity index (χ2v) is 26.0. The number of phenolic OH excluding ortho intramolecular Hbond substituents is 4. The first-order chi connectivity index (χ1) is 47.0. The van der Waals surface area contributed by atoms with E-state index in [0.717, 1.165) is 59.4 Å². The van der Waals surface area contributed by atoms with Gasteiger partial charge in [0.2, 0.25) is 0 Å². The summed E-state index contributed by atoms with van der Waals surface area (Å²) in [7, 11) is 0. The van der Waals surface area contributed by atoms with Gasteiger partial charge in [0, 0.05) is 55.6 Å². The van der Waals surface area contributed by atoms with Crippen LogP contribution in [0.25, 0.3) is 98.0 Å². The summed E-state index contributed by atoms with van der Waals surface area (Å²) in [5.41, 5.74) is 4.24. The number of hydrogen-bond donors (Lipinski definition) is 8. The van der Waals surface area contributed by atoms with Crippen LogP contribution in [0.1, 0.15) is 78.2 Å². The summed E-state index contributed by atoms with van der Waals surface area (Å²) >= 11 is 0. The molecule has 8 N–H and O–H groups in total. The monoisotopic (exact) mass is 1290 g/mol. The van der Waals surface area contributed by atoms with Crippen LogP contribution in [0.4, 0.5) is 16.2 Å². The number of carboxylic acid groups (broad SMARTS) is 1. The number of carboxylic acids is 1. The summed E-state index contributed by atoms with van der Waals surface area (Å²) in [4.78, 5) is 50.7. The summed E-state index contributed by atoms with van der Waals surface area (Å²) in [6.45, 7) is 11.3. The number of phenols is 5. The van der Waals surface area contributed by atoms with E-state index >= 15 is 0 Å². The highest BCUT2D eigenvalue weighted by atomic mass is 16.5. The number of fused-ring (bicyclic) bond motifs is 6. The average Bonchev–Trinajstić information content (AvgIpc) is 0.757. The first-order valence-corrected chi connectivity index (χ1v) is 31.9. The number of urea groups is 1.